The van der Waals surface area contributed by atoms with Gasteiger partial charge in [0.2, 0.25) is 0 Å². The van der Waals surface area contributed by atoms with Gasteiger partial charge in [0.25, 0.3) is 5.91 Å². The van der Waals surface area contributed by atoms with Crippen molar-refractivity contribution in [2.75, 3.05) is 11.9 Å². The van der Waals surface area contributed by atoms with Crippen LogP contribution in [0.5, 0.6) is 0 Å². The van der Waals surface area contributed by atoms with E-state index >= 15 is 0 Å². The second-order valence-corrected chi connectivity index (χ2v) is 5.61. The van der Waals surface area contributed by atoms with E-state index in [0.29, 0.717) is 29.2 Å². The topological polar surface area (TPSA) is 81.4 Å². The Hall–Kier alpha value is -3.41. The van der Waals surface area contributed by atoms with Crippen molar-refractivity contribution >= 4 is 17.6 Å². The van der Waals surface area contributed by atoms with Gasteiger partial charge in [-0.05, 0) is 42.8 Å². The quantitative estimate of drug-likeness (QED) is 0.675. The zero-order valence-corrected chi connectivity index (χ0v) is 14.3. The SMILES string of the molecule is CCCOC(=O)c1ccc(NC(=O)c2ccc(-c3cnco3)cc2)cc1. The van der Waals surface area contributed by atoms with Crippen molar-refractivity contribution in [3.8, 4) is 11.3 Å². The number of esters is 1. The number of ether oxygens (including phenoxy) is 1. The Balaban J connectivity index is 1.63. The van der Waals surface area contributed by atoms with Crippen LogP contribution >= 0.6 is 0 Å². The summed E-state index contributed by atoms with van der Waals surface area (Å²) in [4.78, 5) is 28.0. The maximum Gasteiger partial charge on any atom is 0.338 e. The average molecular weight is 350 g/mol. The van der Waals surface area contributed by atoms with Crippen LogP contribution in [0, 0.1) is 0 Å². The normalized spacial score (nSPS) is 10.3. The Morgan fingerprint density at radius 1 is 1.04 bits per heavy atom. The molecule has 26 heavy (non-hydrogen) atoms. The predicted molar refractivity (Wildman–Crippen MR) is 96.9 cm³/mol. The van der Waals surface area contributed by atoms with Crippen molar-refractivity contribution in [2.24, 2.45) is 0 Å². The van der Waals surface area contributed by atoms with E-state index in [4.69, 9.17) is 9.15 Å². The van der Waals surface area contributed by atoms with Gasteiger partial charge in [-0.3, -0.25) is 4.79 Å². The summed E-state index contributed by atoms with van der Waals surface area (Å²) in [6, 6.07) is 13.6. The molecule has 0 saturated heterocycles. The lowest BCUT2D eigenvalue weighted by Crippen LogP contribution is -2.12. The Kier molecular flexibility index (Phi) is 5.43. The maximum absolute atomic E-state index is 12.3. The molecule has 2 aromatic carbocycles. The average Bonchev–Trinajstić information content (AvgIpc) is 3.21. The van der Waals surface area contributed by atoms with Gasteiger partial charge in [0.1, 0.15) is 0 Å². The first-order valence-corrected chi connectivity index (χ1v) is 8.25. The van der Waals surface area contributed by atoms with Crippen LogP contribution in [-0.2, 0) is 4.74 Å². The molecular formula is C20H18N2O4. The van der Waals surface area contributed by atoms with Crippen molar-refractivity contribution in [1.82, 2.24) is 4.98 Å². The molecule has 1 N–H and O–H groups in total. The molecule has 0 aliphatic rings. The molecule has 3 rings (SSSR count). The summed E-state index contributed by atoms with van der Waals surface area (Å²) >= 11 is 0. The molecule has 3 aromatic rings. The number of benzene rings is 2. The van der Waals surface area contributed by atoms with Gasteiger partial charge in [0.15, 0.2) is 12.2 Å². The van der Waals surface area contributed by atoms with E-state index < -0.39 is 0 Å². The third kappa shape index (κ3) is 4.16. The number of hydrogen-bond donors (Lipinski definition) is 1. The predicted octanol–water partition coefficient (Wildman–Crippen LogP) is 4.16. The monoisotopic (exact) mass is 350 g/mol. The van der Waals surface area contributed by atoms with Crippen LogP contribution in [0.15, 0.2) is 65.5 Å². The van der Waals surface area contributed by atoms with Gasteiger partial charge in [0, 0.05) is 16.8 Å². The summed E-state index contributed by atoms with van der Waals surface area (Å²) in [7, 11) is 0. The fraction of sp³-hybridized carbons (Fsp3) is 0.150. The van der Waals surface area contributed by atoms with Crippen LogP contribution in [0.4, 0.5) is 5.69 Å². The Morgan fingerprint density at radius 3 is 2.35 bits per heavy atom. The van der Waals surface area contributed by atoms with Crippen LogP contribution in [0.2, 0.25) is 0 Å². The fourth-order valence-corrected chi connectivity index (χ4v) is 2.32. The lowest BCUT2D eigenvalue weighted by Gasteiger charge is -2.07. The number of amides is 1. The molecule has 0 atom stereocenters. The van der Waals surface area contributed by atoms with E-state index in [-0.39, 0.29) is 11.9 Å². The summed E-state index contributed by atoms with van der Waals surface area (Å²) in [5.41, 5.74) is 2.41. The summed E-state index contributed by atoms with van der Waals surface area (Å²) in [6.45, 7) is 2.32. The highest BCUT2D eigenvalue weighted by Gasteiger charge is 2.10. The number of rotatable bonds is 6. The van der Waals surface area contributed by atoms with Gasteiger partial charge in [-0.15, -0.1) is 0 Å². The van der Waals surface area contributed by atoms with Gasteiger partial charge in [0.05, 0.1) is 18.4 Å². The van der Waals surface area contributed by atoms with Crippen molar-refractivity contribution in [2.45, 2.75) is 13.3 Å². The number of hydrogen-bond acceptors (Lipinski definition) is 5. The number of nitrogens with one attached hydrogen (secondary N) is 1. The second kappa shape index (κ2) is 8.11. The van der Waals surface area contributed by atoms with Crippen molar-refractivity contribution in [1.29, 1.82) is 0 Å². The van der Waals surface area contributed by atoms with E-state index in [1.54, 1.807) is 54.7 Å². The van der Waals surface area contributed by atoms with Gasteiger partial charge in [-0.1, -0.05) is 19.1 Å². The molecule has 6 nitrogen and oxygen atoms in total. The summed E-state index contributed by atoms with van der Waals surface area (Å²) in [5.74, 6) is 0.0330. The minimum absolute atomic E-state index is 0.240. The summed E-state index contributed by atoms with van der Waals surface area (Å²) in [6.07, 6.45) is 3.74. The third-order valence-corrected chi connectivity index (χ3v) is 3.68. The van der Waals surface area contributed by atoms with Gasteiger partial charge >= 0.3 is 5.97 Å². The van der Waals surface area contributed by atoms with Crippen LogP contribution in [0.3, 0.4) is 0 Å². The van der Waals surface area contributed by atoms with Crippen molar-refractivity contribution in [3.63, 3.8) is 0 Å². The van der Waals surface area contributed by atoms with Crippen molar-refractivity contribution < 1.29 is 18.7 Å². The Morgan fingerprint density at radius 2 is 1.73 bits per heavy atom. The molecule has 0 spiro atoms. The molecule has 0 saturated carbocycles. The molecule has 6 heteroatoms. The molecule has 0 bridgehead atoms. The fourth-order valence-electron chi connectivity index (χ4n) is 2.32. The Labute approximate surface area is 150 Å². The van der Waals surface area contributed by atoms with Crippen LogP contribution in [0.1, 0.15) is 34.1 Å². The highest BCUT2D eigenvalue weighted by atomic mass is 16.5. The van der Waals surface area contributed by atoms with E-state index in [2.05, 4.69) is 10.3 Å². The van der Waals surface area contributed by atoms with E-state index in [9.17, 15) is 9.59 Å². The first kappa shape index (κ1) is 17.4. The first-order chi connectivity index (χ1) is 12.7. The third-order valence-electron chi connectivity index (χ3n) is 3.68. The second-order valence-electron chi connectivity index (χ2n) is 5.61. The Bertz CT molecular complexity index is 869. The van der Waals surface area contributed by atoms with E-state index in [0.717, 1.165) is 12.0 Å². The molecule has 0 fully saturated rings. The first-order valence-electron chi connectivity index (χ1n) is 8.25. The van der Waals surface area contributed by atoms with Crippen LogP contribution < -0.4 is 5.32 Å². The zero-order valence-electron chi connectivity index (χ0n) is 14.3. The van der Waals surface area contributed by atoms with Crippen molar-refractivity contribution in [3.05, 3.63) is 72.2 Å². The molecule has 1 heterocycles. The smallest absolute Gasteiger partial charge is 0.338 e. The number of nitrogens with zero attached hydrogens (tertiary/aromatic N) is 1. The lowest BCUT2D eigenvalue weighted by atomic mass is 10.1. The largest absolute Gasteiger partial charge is 0.462 e. The standard InChI is InChI=1S/C20H18N2O4/c1-2-11-25-20(24)16-7-9-17(10-8-16)22-19(23)15-5-3-14(4-6-15)18-12-21-13-26-18/h3-10,12-13H,2,11H2,1H3,(H,22,23). The maximum atomic E-state index is 12.3. The summed E-state index contributed by atoms with van der Waals surface area (Å²) < 4.78 is 10.3. The number of carbonyl (C=O) groups is 2. The lowest BCUT2D eigenvalue weighted by molar-refractivity contribution is 0.0505. The van der Waals surface area contributed by atoms with Gasteiger partial charge in [-0.25, -0.2) is 9.78 Å². The molecule has 132 valence electrons. The highest BCUT2D eigenvalue weighted by molar-refractivity contribution is 6.04. The molecule has 0 aliphatic heterocycles. The molecule has 1 amide bonds. The van der Waals surface area contributed by atoms with Crippen LogP contribution in [-0.4, -0.2) is 23.5 Å². The zero-order chi connectivity index (χ0) is 18.4. The highest BCUT2D eigenvalue weighted by Crippen LogP contribution is 2.19. The number of carbonyl (C=O) groups excluding carboxylic acids is 2. The molecule has 0 aliphatic carbocycles. The summed E-state index contributed by atoms with van der Waals surface area (Å²) in [5, 5.41) is 2.79. The number of aromatic nitrogens is 1. The van der Waals surface area contributed by atoms with Gasteiger partial charge < -0.3 is 14.5 Å². The molecule has 0 unspecified atom stereocenters. The van der Waals surface area contributed by atoms with E-state index in [1.807, 2.05) is 6.92 Å². The van der Waals surface area contributed by atoms with Gasteiger partial charge in [-0.2, -0.15) is 0 Å². The van der Waals surface area contributed by atoms with E-state index in [1.165, 1.54) is 6.39 Å². The molecule has 1 aromatic heterocycles. The molecular weight excluding hydrogens is 332 g/mol. The minimum atomic E-state index is -0.368. The molecule has 0 radical (unpaired) electrons. The van der Waals surface area contributed by atoms with Crippen LogP contribution in [0.25, 0.3) is 11.3 Å². The minimum Gasteiger partial charge on any atom is -0.462 e. The number of anilines is 1. The number of oxazole rings is 1.